The Morgan fingerprint density at radius 3 is 2.88 bits per heavy atom. The monoisotopic (exact) mass is 239 g/mol. The Morgan fingerprint density at radius 2 is 2.19 bits per heavy atom. The number of hydrogen-bond acceptors (Lipinski definition) is 3. The van der Waals surface area contributed by atoms with Crippen LogP contribution in [0.5, 0.6) is 0 Å². The van der Waals surface area contributed by atoms with E-state index in [4.69, 9.17) is 4.74 Å². The Hall–Kier alpha value is -0.510. The summed E-state index contributed by atoms with van der Waals surface area (Å²) in [7, 11) is 1.75. The largest absolute Gasteiger partial charge is 0.384 e. The fourth-order valence-corrected chi connectivity index (χ4v) is 2.43. The number of hydrogen-bond donors (Lipinski definition) is 1. The van der Waals surface area contributed by atoms with Crippen molar-refractivity contribution in [2.24, 2.45) is 0 Å². The molecule has 0 aliphatic heterocycles. The quantitative estimate of drug-likeness (QED) is 0.584. The molecule has 0 saturated heterocycles. The topological polar surface area (TPSA) is 21.3 Å². The van der Waals surface area contributed by atoms with Gasteiger partial charge in [-0.1, -0.05) is 24.6 Å². The number of ether oxygens (including phenoxy) is 1. The lowest BCUT2D eigenvalue weighted by Crippen LogP contribution is -2.12. The Morgan fingerprint density at radius 1 is 1.38 bits per heavy atom. The van der Waals surface area contributed by atoms with Crippen LogP contribution in [0, 0.1) is 6.92 Å². The molecule has 0 unspecified atom stereocenters. The smallest absolute Gasteiger partial charge is 0.0556 e. The summed E-state index contributed by atoms with van der Waals surface area (Å²) in [4.78, 5) is 1.36. The minimum atomic E-state index is 0.805. The summed E-state index contributed by atoms with van der Waals surface area (Å²) in [6, 6.07) is 6.64. The van der Waals surface area contributed by atoms with Crippen molar-refractivity contribution in [1.29, 1.82) is 0 Å². The number of rotatable bonds is 7. The fourth-order valence-electron chi connectivity index (χ4n) is 1.48. The summed E-state index contributed by atoms with van der Waals surface area (Å²) in [5.74, 6) is 1.01. The van der Waals surface area contributed by atoms with Crippen molar-refractivity contribution in [3.63, 3.8) is 0 Å². The first kappa shape index (κ1) is 13.6. The molecule has 0 radical (unpaired) electrons. The number of benzene rings is 1. The van der Waals surface area contributed by atoms with Gasteiger partial charge >= 0.3 is 0 Å². The summed E-state index contributed by atoms with van der Waals surface area (Å²) in [6.07, 6.45) is 0. The van der Waals surface area contributed by atoms with Crippen LogP contribution in [-0.2, 0) is 11.3 Å². The second-order valence-electron chi connectivity index (χ2n) is 3.73. The SMILES string of the molecule is CCNCc1cc(C)ccc1SCCOC. The molecule has 90 valence electrons. The molecule has 0 atom stereocenters. The van der Waals surface area contributed by atoms with Gasteiger partial charge in [0.2, 0.25) is 0 Å². The van der Waals surface area contributed by atoms with Gasteiger partial charge in [-0.05, 0) is 25.1 Å². The average molecular weight is 239 g/mol. The van der Waals surface area contributed by atoms with Crippen molar-refractivity contribution in [2.75, 3.05) is 26.0 Å². The van der Waals surface area contributed by atoms with Crippen LogP contribution in [0.4, 0.5) is 0 Å². The van der Waals surface area contributed by atoms with Crippen LogP contribution < -0.4 is 5.32 Å². The van der Waals surface area contributed by atoms with Crippen molar-refractivity contribution in [2.45, 2.75) is 25.3 Å². The van der Waals surface area contributed by atoms with E-state index in [0.717, 1.165) is 25.4 Å². The fraction of sp³-hybridized carbons (Fsp3) is 0.538. The third-order valence-electron chi connectivity index (χ3n) is 2.33. The highest BCUT2D eigenvalue weighted by Gasteiger charge is 2.02. The number of thioether (sulfide) groups is 1. The van der Waals surface area contributed by atoms with Crippen molar-refractivity contribution >= 4 is 11.8 Å². The maximum Gasteiger partial charge on any atom is 0.0556 e. The molecule has 0 aliphatic rings. The van der Waals surface area contributed by atoms with Crippen molar-refractivity contribution in [3.8, 4) is 0 Å². The molecule has 2 nitrogen and oxygen atoms in total. The predicted molar refractivity (Wildman–Crippen MR) is 71.2 cm³/mol. The van der Waals surface area contributed by atoms with Crippen molar-refractivity contribution < 1.29 is 4.74 Å². The summed E-state index contributed by atoms with van der Waals surface area (Å²) < 4.78 is 5.07. The molecule has 1 aromatic rings. The van der Waals surface area contributed by atoms with Crippen molar-refractivity contribution in [3.05, 3.63) is 29.3 Å². The predicted octanol–water partition coefficient (Wildman–Crippen LogP) is 2.84. The van der Waals surface area contributed by atoms with E-state index in [0.29, 0.717) is 0 Å². The minimum Gasteiger partial charge on any atom is -0.384 e. The molecular weight excluding hydrogens is 218 g/mol. The standard InChI is InChI=1S/C13H21NOS/c1-4-14-10-12-9-11(2)5-6-13(12)16-8-7-15-3/h5-6,9,14H,4,7-8,10H2,1-3H3. The van der Waals surface area contributed by atoms with E-state index in [2.05, 4.69) is 37.4 Å². The maximum absolute atomic E-state index is 5.07. The van der Waals surface area contributed by atoms with Gasteiger partial charge < -0.3 is 10.1 Å². The molecule has 0 fully saturated rings. The summed E-state index contributed by atoms with van der Waals surface area (Å²) >= 11 is 1.87. The summed E-state index contributed by atoms with van der Waals surface area (Å²) in [6.45, 7) is 7.04. The second-order valence-corrected chi connectivity index (χ2v) is 4.87. The Kier molecular flexibility index (Phi) is 6.53. The van der Waals surface area contributed by atoms with Gasteiger partial charge in [0.05, 0.1) is 6.61 Å². The van der Waals surface area contributed by atoms with Gasteiger partial charge in [-0.2, -0.15) is 0 Å². The molecular formula is C13H21NOS. The molecule has 1 N–H and O–H groups in total. The van der Waals surface area contributed by atoms with E-state index in [1.165, 1.54) is 16.0 Å². The normalized spacial score (nSPS) is 10.7. The van der Waals surface area contributed by atoms with E-state index in [1.807, 2.05) is 11.8 Å². The Bertz CT molecular complexity index is 315. The van der Waals surface area contributed by atoms with E-state index in [1.54, 1.807) is 7.11 Å². The van der Waals surface area contributed by atoms with E-state index >= 15 is 0 Å². The lowest BCUT2D eigenvalue weighted by molar-refractivity contribution is 0.218. The molecule has 0 aliphatic carbocycles. The van der Waals surface area contributed by atoms with E-state index in [9.17, 15) is 0 Å². The molecule has 0 aromatic heterocycles. The number of nitrogens with one attached hydrogen (secondary N) is 1. The van der Waals surface area contributed by atoms with Crippen LogP contribution in [0.3, 0.4) is 0 Å². The number of methoxy groups -OCH3 is 1. The Labute approximate surface area is 103 Å². The first-order valence-corrected chi connectivity index (χ1v) is 6.68. The number of aryl methyl sites for hydroxylation is 1. The molecule has 0 bridgehead atoms. The lowest BCUT2D eigenvalue weighted by Gasteiger charge is -2.10. The highest BCUT2D eigenvalue weighted by atomic mass is 32.2. The average Bonchev–Trinajstić information content (AvgIpc) is 2.29. The van der Waals surface area contributed by atoms with Crippen LogP contribution in [-0.4, -0.2) is 26.0 Å². The molecule has 1 rings (SSSR count). The molecule has 0 saturated carbocycles. The van der Waals surface area contributed by atoms with Crippen LogP contribution in [0.25, 0.3) is 0 Å². The van der Waals surface area contributed by atoms with E-state index < -0.39 is 0 Å². The zero-order valence-electron chi connectivity index (χ0n) is 10.4. The van der Waals surface area contributed by atoms with Crippen LogP contribution in [0.1, 0.15) is 18.1 Å². The van der Waals surface area contributed by atoms with Gasteiger partial charge in [0.15, 0.2) is 0 Å². The zero-order valence-corrected chi connectivity index (χ0v) is 11.2. The highest BCUT2D eigenvalue weighted by Crippen LogP contribution is 2.23. The van der Waals surface area contributed by atoms with Gasteiger partial charge in [0.1, 0.15) is 0 Å². The molecule has 0 heterocycles. The van der Waals surface area contributed by atoms with Gasteiger partial charge in [-0.3, -0.25) is 0 Å². The van der Waals surface area contributed by atoms with Gasteiger partial charge in [-0.15, -0.1) is 11.8 Å². The first-order valence-electron chi connectivity index (χ1n) is 5.70. The minimum absolute atomic E-state index is 0.805. The molecule has 16 heavy (non-hydrogen) atoms. The van der Waals surface area contributed by atoms with Gasteiger partial charge in [-0.25, -0.2) is 0 Å². The van der Waals surface area contributed by atoms with Crippen molar-refractivity contribution in [1.82, 2.24) is 5.32 Å². The molecule has 0 spiro atoms. The van der Waals surface area contributed by atoms with Crippen LogP contribution in [0.15, 0.2) is 23.1 Å². The summed E-state index contributed by atoms with van der Waals surface area (Å²) in [5, 5.41) is 3.38. The molecule has 1 aromatic carbocycles. The zero-order chi connectivity index (χ0) is 11.8. The third-order valence-corrected chi connectivity index (χ3v) is 3.41. The first-order chi connectivity index (χ1) is 7.77. The van der Waals surface area contributed by atoms with Crippen LogP contribution in [0.2, 0.25) is 0 Å². The highest BCUT2D eigenvalue weighted by molar-refractivity contribution is 7.99. The lowest BCUT2D eigenvalue weighted by atomic mass is 10.1. The maximum atomic E-state index is 5.07. The van der Waals surface area contributed by atoms with Gasteiger partial charge in [0.25, 0.3) is 0 Å². The van der Waals surface area contributed by atoms with Crippen LogP contribution >= 0.6 is 11.8 Å². The van der Waals surface area contributed by atoms with E-state index in [-0.39, 0.29) is 0 Å². The second kappa shape index (κ2) is 7.71. The Balaban J connectivity index is 2.64. The molecule has 0 amide bonds. The molecule has 3 heteroatoms. The third kappa shape index (κ3) is 4.56. The summed E-state index contributed by atoms with van der Waals surface area (Å²) in [5.41, 5.74) is 2.71. The van der Waals surface area contributed by atoms with Gasteiger partial charge in [0, 0.05) is 24.3 Å².